The number of phosphoric ester groups is 2. The molecule has 0 heterocycles. The topological polar surface area (TPSA) is 237 Å². The molecule has 0 spiro atoms. The Labute approximate surface area is 492 Å². The summed E-state index contributed by atoms with van der Waals surface area (Å²) >= 11 is 0. The maximum Gasteiger partial charge on any atom is 0.472 e. The fraction of sp³-hybridized carbons (Fsp3) is 0.935. The first-order valence-corrected chi connectivity index (χ1v) is 35.5. The molecule has 0 saturated carbocycles. The van der Waals surface area contributed by atoms with E-state index in [0.29, 0.717) is 25.7 Å². The zero-order chi connectivity index (χ0) is 60.1. The molecule has 0 aliphatic heterocycles. The van der Waals surface area contributed by atoms with Crippen molar-refractivity contribution in [3.8, 4) is 0 Å². The second-order valence-electron chi connectivity index (χ2n) is 23.2. The van der Waals surface area contributed by atoms with Crippen LogP contribution in [0.25, 0.3) is 0 Å². The molecular formula is C62H120O17P2. The normalized spacial score (nSPS) is 14.7. The highest BCUT2D eigenvalue weighted by molar-refractivity contribution is 7.47. The van der Waals surface area contributed by atoms with Crippen LogP contribution in [0.2, 0.25) is 0 Å². The standard InChI is InChI=1S/C62H120O17P2/c1-7-10-12-14-16-18-20-25-32-38-44-59(64)72-50-57(78-61(66)46-40-34-26-21-19-17-15-13-11-8-2)52-76-80(68,69)74-48-56(63)49-75-81(70,71)77-53-58(51-73-60(65)45-39-33-29-28-31-37-43-55(6)9-3)79-62(67)47-41-35-27-23-22-24-30-36-42-54(4)5/h54-58,63H,7-53H2,1-6H3,(H,68,69)(H,70,71)/t55?,56-,57+,58+/m0/s1. The van der Waals surface area contributed by atoms with Crippen molar-refractivity contribution in [2.24, 2.45) is 11.8 Å². The summed E-state index contributed by atoms with van der Waals surface area (Å²) in [5.74, 6) is -0.690. The fourth-order valence-electron chi connectivity index (χ4n) is 9.15. The highest BCUT2D eigenvalue weighted by Crippen LogP contribution is 2.45. The van der Waals surface area contributed by atoms with E-state index >= 15 is 0 Å². The summed E-state index contributed by atoms with van der Waals surface area (Å²) in [6.45, 7) is 9.38. The molecule has 0 saturated heterocycles. The van der Waals surface area contributed by atoms with Crippen LogP contribution < -0.4 is 0 Å². The van der Waals surface area contributed by atoms with Crippen LogP contribution in [-0.4, -0.2) is 96.7 Å². The Morgan fingerprint density at radius 3 is 0.938 bits per heavy atom. The number of carbonyl (C=O) groups is 4. The number of aliphatic hydroxyl groups is 1. The lowest BCUT2D eigenvalue weighted by Gasteiger charge is -2.21. The number of ether oxygens (including phenoxy) is 4. The van der Waals surface area contributed by atoms with Crippen LogP contribution in [0.4, 0.5) is 0 Å². The van der Waals surface area contributed by atoms with Gasteiger partial charge in [0, 0.05) is 25.7 Å². The number of rotatable bonds is 61. The first-order valence-electron chi connectivity index (χ1n) is 32.5. The third kappa shape index (κ3) is 55.7. The number of unbranched alkanes of at least 4 members (excludes halogenated alkanes) is 30. The van der Waals surface area contributed by atoms with E-state index in [-0.39, 0.29) is 25.7 Å². The molecule has 6 atom stereocenters. The Bertz CT molecular complexity index is 1600. The monoisotopic (exact) mass is 1200 g/mol. The van der Waals surface area contributed by atoms with Gasteiger partial charge in [-0.3, -0.25) is 37.3 Å². The minimum Gasteiger partial charge on any atom is -0.462 e. The number of phosphoric acid groups is 2. The molecule has 0 radical (unpaired) electrons. The zero-order valence-corrected chi connectivity index (χ0v) is 53.9. The van der Waals surface area contributed by atoms with Gasteiger partial charge in [-0.1, -0.05) is 253 Å². The van der Waals surface area contributed by atoms with E-state index in [2.05, 4.69) is 41.5 Å². The molecule has 3 N–H and O–H groups in total. The highest BCUT2D eigenvalue weighted by atomic mass is 31.2. The molecule has 19 heteroatoms. The number of aliphatic hydroxyl groups excluding tert-OH is 1. The van der Waals surface area contributed by atoms with Gasteiger partial charge in [0.05, 0.1) is 26.4 Å². The lowest BCUT2D eigenvalue weighted by Crippen LogP contribution is -2.30. The summed E-state index contributed by atoms with van der Waals surface area (Å²) in [4.78, 5) is 72.1. The first kappa shape index (κ1) is 79.1. The Morgan fingerprint density at radius 1 is 0.358 bits per heavy atom. The molecule has 0 fully saturated rings. The van der Waals surface area contributed by atoms with Crippen LogP contribution in [0.15, 0.2) is 0 Å². The number of esters is 4. The van der Waals surface area contributed by atoms with E-state index in [1.54, 1.807) is 0 Å². The van der Waals surface area contributed by atoms with E-state index in [4.69, 9.17) is 37.0 Å². The van der Waals surface area contributed by atoms with Crippen LogP contribution in [0.3, 0.4) is 0 Å². The average Bonchev–Trinajstić information content (AvgIpc) is 3.43. The average molecular weight is 1200 g/mol. The molecule has 0 aromatic carbocycles. The van der Waals surface area contributed by atoms with E-state index in [9.17, 15) is 43.2 Å². The second kappa shape index (κ2) is 54.7. The molecule has 0 bridgehead atoms. The minimum absolute atomic E-state index is 0.103. The number of hydrogen-bond donors (Lipinski definition) is 3. The van der Waals surface area contributed by atoms with Crippen molar-refractivity contribution in [2.75, 3.05) is 39.6 Å². The van der Waals surface area contributed by atoms with Crippen molar-refractivity contribution >= 4 is 39.5 Å². The fourth-order valence-corrected chi connectivity index (χ4v) is 10.7. The Kier molecular flexibility index (Phi) is 53.4. The van der Waals surface area contributed by atoms with Crippen LogP contribution in [-0.2, 0) is 65.4 Å². The smallest absolute Gasteiger partial charge is 0.462 e. The summed E-state index contributed by atoms with van der Waals surface area (Å²) in [5, 5.41) is 10.5. The maximum absolute atomic E-state index is 12.9. The van der Waals surface area contributed by atoms with Crippen LogP contribution in [0.5, 0.6) is 0 Å². The lowest BCUT2D eigenvalue weighted by atomic mass is 10.00. The predicted octanol–water partition coefficient (Wildman–Crippen LogP) is 16.9. The Balaban J connectivity index is 5.25. The van der Waals surface area contributed by atoms with E-state index in [1.165, 1.54) is 116 Å². The largest absolute Gasteiger partial charge is 0.472 e. The van der Waals surface area contributed by atoms with Crippen molar-refractivity contribution in [3.05, 3.63) is 0 Å². The number of carbonyl (C=O) groups excluding carboxylic acids is 4. The van der Waals surface area contributed by atoms with Gasteiger partial charge in [0.25, 0.3) is 0 Å². The van der Waals surface area contributed by atoms with Gasteiger partial charge in [-0.2, -0.15) is 0 Å². The van der Waals surface area contributed by atoms with Gasteiger partial charge < -0.3 is 33.8 Å². The van der Waals surface area contributed by atoms with Gasteiger partial charge in [-0.05, 0) is 37.5 Å². The van der Waals surface area contributed by atoms with Crippen molar-refractivity contribution in [3.63, 3.8) is 0 Å². The van der Waals surface area contributed by atoms with Crippen molar-refractivity contribution in [2.45, 2.75) is 323 Å². The summed E-state index contributed by atoms with van der Waals surface area (Å²) in [6.07, 6.45) is 36.2. The van der Waals surface area contributed by atoms with Gasteiger partial charge in [-0.15, -0.1) is 0 Å². The SMILES string of the molecule is CCCCCCCCCCCCC(=O)OC[C@H](COP(=O)(O)OC[C@H](O)COP(=O)(O)OC[C@@H](COC(=O)CCCCCCCCC(C)CC)OC(=O)CCCCCCCCCCC(C)C)OC(=O)CCCCCCCCCCCC. The van der Waals surface area contributed by atoms with Gasteiger partial charge in [-0.25, -0.2) is 9.13 Å². The third-order valence-corrected chi connectivity index (χ3v) is 16.5. The zero-order valence-electron chi connectivity index (χ0n) is 52.1. The molecular weight excluding hydrogens is 1080 g/mol. The lowest BCUT2D eigenvalue weighted by molar-refractivity contribution is -0.161. The minimum atomic E-state index is -4.94. The Morgan fingerprint density at radius 2 is 0.630 bits per heavy atom. The third-order valence-electron chi connectivity index (χ3n) is 14.6. The molecule has 0 aliphatic carbocycles. The van der Waals surface area contributed by atoms with E-state index < -0.39 is 97.5 Å². The van der Waals surface area contributed by atoms with Crippen molar-refractivity contribution in [1.82, 2.24) is 0 Å². The number of hydrogen-bond acceptors (Lipinski definition) is 15. The summed E-state index contributed by atoms with van der Waals surface area (Å²) in [5.41, 5.74) is 0. The van der Waals surface area contributed by atoms with E-state index in [1.807, 2.05) is 0 Å². The second-order valence-corrected chi connectivity index (χ2v) is 26.1. The van der Waals surface area contributed by atoms with Crippen molar-refractivity contribution in [1.29, 1.82) is 0 Å². The molecule has 0 aromatic heterocycles. The van der Waals surface area contributed by atoms with Crippen molar-refractivity contribution < 1.29 is 80.2 Å². The van der Waals surface area contributed by atoms with Crippen LogP contribution >= 0.6 is 15.6 Å². The molecule has 17 nitrogen and oxygen atoms in total. The van der Waals surface area contributed by atoms with Gasteiger partial charge in [0.15, 0.2) is 12.2 Å². The molecule has 0 aliphatic rings. The molecule has 0 rings (SSSR count). The first-order chi connectivity index (χ1) is 38.9. The Hall–Kier alpha value is -1.94. The van der Waals surface area contributed by atoms with Crippen LogP contribution in [0.1, 0.15) is 305 Å². The maximum atomic E-state index is 12.9. The molecule has 0 aromatic rings. The van der Waals surface area contributed by atoms with E-state index in [0.717, 1.165) is 108 Å². The molecule has 0 amide bonds. The predicted molar refractivity (Wildman–Crippen MR) is 321 cm³/mol. The van der Waals surface area contributed by atoms with Crippen LogP contribution in [0, 0.1) is 11.8 Å². The summed E-state index contributed by atoms with van der Waals surface area (Å²) in [7, 11) is -9.88. The van der Waals surface area contributed by atoms with Gasteiger partial charge in [0.2, 0.25) is 0 Å². The molecule has 81 heavy (non-hydrogen) atoms. The highest BCUT2D eigenvalue weighted by Gasteiger charge is 2.30. The molecule has 3 unspecified atom stereocenters. The summed E-state index contributed by atoms with van der Waals surface area (Å²) in [6, 6.07) is 0. The quantitative estimate of drug-likeness (QED) is 0.0222. The van der Waals surface area contributed by atoms with Gasteiger partial charge >= 0.3 is 39.5 Å². The van der Waals surface area contributed by atoms with Gasteiger partial charge in [0.1, 0.15) is 19.3 Å². The summed E-state index contributed by atoms with van der Waals surface area (Å²) < 4.78 is 67.9. The molecule has 480 valence electrons.